The van der Waals surface area contributed by atoms with E-state index in [0.717, 1.165) is 12.0 Å². The van der Waals surface area contributed by atoms with Crippen molar-refractivity contribution in [2.75, 3.05) is 14.2 Å². The fourth-order valence-corrected chi connectivity index (χ4v) is 2.09. The lowest BCUT2D eigenvalue weighted by Crippen LogP contribution is -2.28. The van der Waals surface area contributed by atoms with E-state index in [1.54, 1.807) is 18.6 Å². The van der Waals surface area contributed by atoms with Gasteiger partial charge in [-0.15, -0.1) is 11.3 Å². The molecule has 0 fully saturated rings. The highest BCUT2D eigenvalue weighted by molar-refractivity contribution is 7.10. The van der Waals surface area contributed by atoms with Crippen LogP contribution in [0.4, 0.5) is 0 Å². The van der Waals surface area contributed by atoms with Crippen LogP contribution in [0.3, 0.4) is 0 Å². The number of hydrogen-bond acceptors (Lipinski definition) is 6. The van der Waals surface area contributed by atoms with Crippen LogP contribution in [0.1, 0.15) is 16.5 Å². The maximum atomic E-state index is 11.0. The zero-order valence-corrected chi connectivity index (χ0v) is 9.86. The molecule has 0 aliphatic carbocycles. The number of thiophene rings is 1. The molecule has 1 heterocycles. The Morgan fingerprint density at radius 3 is 2.75 bits per heavy atom. The van der Waals surface area contributed by atoms with Gasteiger partial charge in [0.1, 0.15) is 6.10 Å². The van der Waals surface area contributed by atoms with Crippen LogP contribution in [0.5, 0.6) is 0 Å². The molecule has 1 rings (SSSR count). The molecule has 1 aromatic heterocycles. The van der Waals surface area contributed by atoms with Crippen LogP contribution in [0, 0.1) is 0 Å². The minimum atomic E-state index is -1.56. The summed E-state index contributed by atoms with van der Waals surface area (Å²) in [6.07, 6.45) is -2.83. The van der Waals surface area contributed by atoms with Crippen LogP contribution in [0.2, 0.25) is 0 Å². The van der Waals surface area contributed by atoms with E-state index in [2.05, 4.69) is 4.74 Å². The van der Waals surface area contributed by atoms with Crippen molar-refractivity contribution in [1.29, 1.82) is 0 Å². The summed E-state index contributed by atoms with van der Waals surface area (Å²) < 4.78 is 9.26. The molecule has 90 valence electrons. The molecule has 5 nitrogen and oxygen atoms in total. The van der Waals surface area contributed by atoms with E-state index in [1.807, 2.05) is 0 Å². The Morgan fingerprint density at radius 2 is 2.19 bits per heavy atom. The summed E-state index contributed by atoms with van der Waals surface area (Å²) in [5.41, 5.74) is 0.481. The van der Waals surface area contributed by atoms with Crippen LogP contribution in [0.15, 0.2) is 11.4 Å². The first-order valence-corrected chi connectivity index (χ1v) is 5.48. The van der Waals surface area contributed by atoms with Gasteiger partial charge in [0, 0.05) is 12.0 Å². The van der Waals surface area contributed by atoms with E-state index in [0.29, 0.717) is 12.2 Å². The molecule has 6 heteroatoms. The van der Waals surface area contributed by atoms with Gasteiger partial charge in [0.15, 0.2) is 6.10 Å². The quantitative estimate of drug-likeness (QED) is 0.738. The number of aliphatic hydroxyl groups excluding tert-OH is 2. The molecule has 0 aliphatic rings. The van der Waals surface area contributed by atoms with Gasteiger partial charge in [0.05, 0.1) is 13.7 Å². The van der Waals surface area contributed by atoms with Crippen LogP contribution in [-0.2, 0) is 20.9 Å². The lowest BCUT2D eigenvalue weighted by atomic mass is 10.1. The van der Waals surface area contributed by atoms with Crippen molar-refractivity contribution in [1.82, 2.24) is 0 Å². The molecular formula is C10H14O5S. The first kappa shape index (κ1) is 13.1. The standard InChI is InChI=1S/C10H14O5S/c1-14-4-7-3-6(5-16-7)8(11)9(12)10(13)15-2/h3,5,8-9,11-12H,4H2,1-2H3. The van der Waals surface area contributed by atoms with Gasteiger partial charge in [-0.3, -0.25) is 0 Å². The average Bonchev–Trinajstić information content (AvgIpc) is 2.75. The van der Waals surface area contributed by atoms with Gasteiger partial charge in [-0.2, -0.15) is 0 Å². The van der Waals surface area contributed by atoms with E-state index in [9.17, 15) is 15.0 Å². The second kappa shape index (κ2) is 5.95. The molecule has 0 amide bonds. The summed E-state index contributed by atoms with van der Waals surface area (Å²) in [4.78, 5) is 11.9. The summed E-state index contributed by atoms with van der Waals surface area (Å²) in [5, 5.41) is 20.8. The van der Waals surface area contributed by atoms with Gasteiger partial charge in [-0.1, -0.05) is 0 Å². The molecule has 1 aromatic rings. The zero-order chi connectivity index (χ0) is 12.1. The third-order valence-corrected chi connectivity index (χ3v) is 2.97. The molecule has 0 radical (unpaired) electrons. The molecule has 16 heavy (non-hydrogen) atoms. The minimum absolute atomic E-state index is 0.436. The van der Waals surface area contributed by atoms with Crippen molar-refractivity contribution in [3.63, 3.8) is 0 Å². The smallest absolute Gasteiger partial charge is 0.337 e. The highest BCUT2D eigenvalue weighted by Gasteiger charge is 2.27. The molecule has 2 atom stereocenters. The Bertz CT molecular complexity index is 349. The van der Waals surface area contributed by atoms with E-state index in [1.165, 1.54) is 11.3 Å². The molecule has 0 saturated heterocycles. The topological polar surface area (TPSA) is 76.0 Å². The van der Waals surface area contributed by atoms with Gasteiger partial charge in [0.25, 0.3) is 0 Å². The molecule has 0 saturated carbocycles. The Balaban J connectivity index is 2.71. The van der Waals surface area contributed by atoms with Crippen molar-refractivity contribution in [3.05, 3.63) is 21.9 Å². The van der Waals surface area contributed by atoms with Crippen molar-refractivity contribution in [2.45, 2.75) is 18.8 Å². The summed E-state index contributed by atoms with van der Waals surface area (Å²) in [5.74, 6) is -0.855. The third-order valence-electron chi connectivity index (χ3n) is 2.04. The summed E-state index contributed by atoms with van der Waals surface area (Å²) in [6.45, 7) is 0.436. The molecular weight excluding hydrogens is 232 g/mol. The predicted molar refractivity (Wildman–Crippen MR) is 58.0 cm³/mol. The van der Waals surface area contributed by atoms with Crippen LogP contribution in [-0.4, -0.2) is 36.5 Å². The van der Waals surface area contributed by atoms with E-state index < -0.39 is 18.2 Å². The van der Waals surface area contributed by atoms with E-state index >= 15 is 0 Å². The number of ether oxygens (including phenoxy) is 2. The van der Waals surface area contributed by atoms with Crippen molar-refractivity contribution in [2.24, 2.45) is 0 Å². The van der Waals surface area contributed by atoms with E-state index in [4.69, 9.17) is 4.74 Å². The number of rotatable bonds is 5. The molecule has 2 N–H and O–H groups in total. The van der Waals surface area contributed by atoms with Gasteiger partial charge >= 0.3 is 5.97 Å². The second-order valence-electron chi connectivity index (χ2n) is 3.19. The predicted octanol–water partition coefficient (Wildman–Crippen LogP) is 0.462. The Kier molecular flexibility index (Phi) is 4.88. The molecule has 0 aromatic carbocycles. The summed E-state index contributed by atoms with van der Waals surface area (Å²) in [7, 11) is 2.72. The summed E-state index contributed by atoms with van der Waals surface area (Å²) in [6, 6.07) is 1.69. The molecule has 0 bridgehead atoms. The fourth-order valence-electron chi connectivity index (χ4n) is 1.20. The van der Waals surface area contributed by atoms with Gasteiger partial charge < -0.3 is 19.7 Å². The van der Waals surface area contributed by atoms with Gasteiger partial charge in [-0.25, -0.2) is 4.79 Å². The number of aliphatic hydroxyl groups is 2. The van der Waals surface area contributed by atoms with Crippen LogP contribution < -0.4 is 0 Å². The van der Waals surface area contributed by atoms with Gasteiger partial charge in [-0.05, 0) is 17.0 Å². The maximum absolute atomic E-state index is 11.0. The number of carbonyl (C=O) groups excluding carboxylic acids is 1. The van der Waals surface area contributed by atoms with Crippen molar-refractivity contribution in [3.8, 4) is 0 Å². The number of esters is 1. The number of carbonyl (C=O) groups is 1. The Hall–Kier alpha value is -0.950. The highest BCUT2D eigenvalue weighted by Crippen LogP contribution is 2.24. The molecule has 0 aliphatic heterocycles. The maximum Gasteiger partial charge on any atom is 0.337 e. The normalized spacial score (nSPS) is 14.5. The lowest BCUT2D eigenvalue weighted by molar-refractivity contribution is -0.156. The average molecular weight is 246 g/mol. The first-order chi connectivity index (χ1) is 7.60. The Labute approximate surface area is 97.2 Å². The van der Waals surface area contributed by atoms with Crippen LogP contribution in [0.25, 0.3) is 0 Å². The molecule has 0 spiro atoms. The van der Waals surface area contributed by atoms with E-state index in [-0.39, 0.29) is 0 Å². The fraction of sp³-hybridized carbons (Fsp3) is 0.500. The van der Waals surface area contributed by atoms with Crippen molar-refractivity contribution < 1.29 is 24.5 Å². The highest BCUT2D eigenvalue weighted by atomic mass is 32.1. The molecule has 2 unspecified atom stereocenters. The lowest BCUT2D eigenvalue weighted by Gasteiger charge is -2.14. The summed E-state index contributed by atoms with van der Waals surface area (Å²) >= 11 is 1.39. The minimum Gasteiger partial charge on any atom is -0.467 e. The largest absolute Gasteiger partial charge is 0.467 e. The zero-order valence-electron chi connectivity index (χ0n) is 9.04. The van der Waals surface area contributed by atoms with Crippen LogP contribution >= 0.6 is 11.3 Å². The first-order valence-electron chi connectivity index (χ1n) is 4.60. The van der Waals surface area contributed by atoms with Gasteiger partial charge in [0.2, 0.25) is 0 Å². The van der Waals surface area contributed by atoms with Crippen molar-refractivity contribution >= 4 is 17.3 Å². The second-order valence-corrected chi connectivity index (χ2v) is 4.19. The monoisotopic (exact) mass is 246 g/mol. The SMILES string of the molecule is COCc1cc(C(O)C(O)C(=O)OC)cs1. The number of methoxy groups -OCH3 is 2. The number of hydrogen-bond donors (Lipinski definition) is 2. The third kappa shape index (κ3) is 3.02. The Morgan fingerprint density at radius 1 is 1.50 bits per heavy atom.